The molecule has 0 aliphatic heterocycles. The third kappa shape index (κ3) is 2.41. The number of fused-ring (bicyclic) bond motifs is 1. The first kappa shape index (κ1) is 13.7. The second kappa shape index (κ2) is 5.26. The van der Waals surface area contributed by atoms with E-state index in [9.17, 15) is 4.79 Å². The molecule has 0 atom stereocenters. The maximum Gasteiger partial charge on any atom is 0.344 e. The van der Waals surface area contributed by atoms with Crippen LogP contribution in [0, 0.1) is 6.92 Å². The van der Waals surface area contributed by atoms with Crippen molar-refractivity contribution >= 4 is 22.6 Å². The summed E-state index contributed by atoms with van der Waals surface area (Å²) in [6.07, 6.45) is 0. The van der Waals surface area contributed by atoms with Gasteiger partial charge in [-0.15, -0.1) is 0 Å². The van der Waals surface area contributed by atoms with Crippen LogP contribution in [0.4, 0.5) is 0 Å². The van der Waals surface area contributed by atoms with Gasteiger partial charge in [0.15, 0.2) is 0 Å². The van der Waals surface area contributed by atoms with Crippen LogP contribution in [-0.2, 0) is 0 Å². The quantitative estimate of drug-likeness (QED) is 0.657. The predicted octanol–water partition coefficient (Wildman–Crippen LogP) is 4.43. The van der Waals surface area contributed by atoms with Gasteiger partial charge in [0, 0.05) is 10.4 Å². The van der Waals surface area contributed by atoms with Gasteiger partial charge in [-0.2, -0.15) is 0 Å². The van der Waals surface area contributed by atoms with Gasteiger partial charge in [0.25, 0.3) is 0 Å². The zero-order valence-electron chi connectivity index (χ0n) is 11.6. The van der Waals surface area contributed by atoms with Crippen molar-refractivity contribution < 1.29 is 9.15 Å². The molecule has 0 saturated heterocycles. The summed E-state index contributed by atoms with van der Waals surface area (Å²) in [5, 5.41) is 1.45. The van der Waals surface area contributed by atoms with E-state index in [-0.39, 0.29) is 5.63 Å². The van der Waals surface area contributed by atoms with Crippen molar-refractivity contribution in [2.75, 3.05) is 7.11 Å². The molecule has 2 aromatic carbocycles. The average molecular weight is 301 g/mol. The third-order valence-electron chi connectivity index (χ3n) is 3.51. The van der Waals surface area contributed by atoms with Crippen LogP contribution in [0.25, 0.3) is 22.1 Å². The molecule has 0 bridgehead atoms. The Labute approximate surface area is 126 Å². The molecule has 1 aromatic heterocycles. The van der Waals surface area contributed by atoms with Gasteiger partial charge in [0.1, 0.15) is 11.3 Å². The second-order valence-corrected chi connectivity index (χ2v) is 5.19. The minimum Gasteiger partial charge on any atom is -0.497 e. The van der Waals surface area contributed by atoms with Crippen LogP contribution in [0.15, 0.2) is 51.7 Å². The van der Waals surface area contributed by atoms with E-state index in [0.717, 1.165) is 22.3 Å². The summed E-state index contributed by atoms with van der Waals surface area (Å²) >= 11 is 6.03. The first-order valence-corrected chi connectivity index (χ1v) is 6.85. The van der Waals surface area contributed by atoms with Crippen LogP contribution in [0.3, 0.4) is 0 Å². The summed E-state index contributed by atoms with van der Waals surface area (Å²) in [6.45, 7) is 1.90. The normalized spacial score (nSPS) is 10.8. The molecule has 0 aliphatic rings. The molecular weight excluding hydrogens is 288 g/mol. The molecule has 0 unspecified atom stereocenters. The maximum atomic E-state index is 12.3. The van der Waals surface area contributed by atoms with Crippen LogP contribution in [0.1, 0.15) is 5.56 Å². The Kier molecular flexibility index (Phi) is 3.43. The number of benzene rings is 2. The topological polar surface area (TPSA) is 39.4 Å². The van der Waals surface area contributed by atoms with Gasteiger partial charge in [-0.3, -0.25) is 0 Å². The van der Waals surface area contributed by atoms with Gasteiger partial charge in [0.2, 0.25) is 0 Å². The fraction of sp³-hybridized carbons (Fsp3) is 0.118. The highest BCUT2D eigenvalue weighted by molar-refractivity contribution is 6.31. The summed E-state index contributed by atoms with van der Waals surface area (Å²) in [6, 6.07) is 12.5. The predicted molar refractivity (Wildman–Crippen MR) is 84.2 cm³/mol. The van der Waals surface area contributed by atoms with Gasteiger partial charge < -0.3 is 9.15 Å². The first-order chi connectivity index (χ1) is 10.1. The highest BCUT2D eigenvalue weighted by Gasteiger charge is 2.13. The lowest BCUT2D eigenvalue weighted by Crippen LogP contribution is -2.06. The summed E-state index contributed by atoms with van der Waals surface area (Å²) in [4.78, 5) is 12.3. The zero-order chi connectivity index (χ0) is 15.0. The lowest BCUT2D eigenvalue weighted by Gasteiger charge is -2.09. The molecule has 0 saturated carbocycles. The van der Waals surface area contributed by atoms with Gasteiger partial charge in [-0.05, 0) is 48.4 Å². The maximum absolute atomic E-state index is 12.3. The van der Waals surface area contributed by atoms with E-state index in [4.69, 9.17) is 20.8 Å². The Hall–Kier alpha value is -2.26. The van der Waals surface area contributed by atoms with E-state index in [2.05, 4.69) is 0 Å². The fourth-order valence-corrected chi connectivity index (χ4v) is 2.59. The number of rotatable bonds is 2. The van der Waals surface area contributed by atoms with Gasteiger partial charge in [0.05, 0.1) is 12.7 Å². The van der Waals surface area contributed by atoms with Crippen molar-refractivity contribution in [3.8, 4) is 16.9 Å². The highest BCUT2D eigenvalue weighted by atomic mass is 35.5. The first-order valence-electron chi connectivity index (χ1n) is 6.47. The van der Waals surface area contributed by atoms with Crippen molar-refractivity contribution in [2.24, 2.45) is 0 Å². The van der Waals surface area contributed by atoms with Crippen molar-refractivity contribution in [1.29, 1.82) is 0 Å². The molecule has 0 N–H and O–H groups in total. The van der Waals surface area contributed by atoms with Crippen molar-refractivity contribution in [1.82, 2.24) is 0 Å². The molecule has 0 aliphatic carbocycles. The molecule has 0 fully saturated rings. The molecular formula is C17H13ClO3. The summed E-state index contributed by atoms with van der Waals surface area (Å²) in [7, 11) is 1.60. The van der Waals surface area contributed by atoms with E-state index >= 15 is 0 Å². The lowest BCUT2D eigenvalue weighted by molar-refractivity contribution is 0.415. The molecule has 3 nitrogen and oxygen atoms in total. The van der Waals surface area contributed by atoms with Crippen LogP contribution in [0.5, 0.6) is 5.75 Å². The van der Waals surface area contributed by atoms with E-state index in [0.29, 0.717) is 16.2 Å². The molecule has 0 spiro atoms. The van der Waals surface area contributed by atoms with Gasteiger partial charge >= 0.3 is 5.63 Å². The zero-order valence-corrected chi connectivity index (χ0v) is 12.4. The number of halogens is 1. The Morgan fingerprint density at radius 2 is 1.81 bits per heavy atom. The Balaban J connectivity index is 2.28. The molecule has 1 heterocycles. The third-order valence-corrected chi connectivity index (χ3v) is 3.74. The highest BCUT2D eigenvalue weighted by Crippen LogP contribution is 2.29. The van der Waals surface area contributed by atoms with E-state index < -0.39 is 0 Å². The number of aryl methyl sites for hydroxylation is 1. The summed E-state index contributed by atoms with van der Waals surface area (Å²) in [5.41, 5.74) is 2.39. The van der Waals surface area contributed by atoms with Crippen LogP contribution >= 0.6 is 11.6 Å². The molecule has 4 heteroatoms. The molecule has 0 radical (unpaired) electrons. The monoisotopic (exact) mass is 300 g/mol. The number of hydrogen-bond donors (Lipinski definition) is 0. The van der Waals surface area contributed by atoms with Crippen molar-refractivity contribution in [2.45, 2.75) is 6.92 Å². The molecule has 3 rings (SSSR count). The smallest absolute Gasteiger partial charge is 0.344 e. The van der Waals surface area contributed by atoms with Crippen molar-refractivity contribution in [3.63, 3.8) is 0 Å². The van der Waals surface area contributed by atoms with Gasteiger partial charge in [-0.1, -0.05) is 23.7 Å². The minimum atomic E-state index is -0.354. The molecule has 0 amide bonds. The summed E-state index contributed by atoms with van der Waals surface area (Å²) < 4.78 is 10.5. The number of methoxy groups -OCH3 is 1. The molecule has 106 valence electrons. The van der Waals surface area contributed by atoms with E-state index in [1.807, 2.05) is 37.3 Å². The second-order valence-electron chi connectivity index (χ2n) is 4.76. The van der Waals surface area contributed by atoms with E-state index in [1.54, 1.807) is 19.2 Å². The Bertz CT molecular complexity index is 864. The van der Waals surface area contributed by atoms with Crippen LogP contribution in [0.2, 0.25) is 5.02 Å². The SMILES string of the molecule is COc1ccc(-c2c(C)c3cc(Cl)ccc3oc2=O)cc1. The largest absolute Gasteiger partial charge is 0.497 e. The standard InChI is InChI=1S/C17H13ClO3/c1-10-14-9-12(18)5-8-15(14)21-17(19)16(10)11-3-6-13(20-2)7-4-11/h3-9H,1-2H3. The van der Waals surface area contributed by atoms with Crippen molar-refractivity contribution in [3.05, 3.63) is 63.5 Å². The lowest BCUT2D eigenvalue weighted by atomic mass is 9.99. The molecule has 21 heavy (non-hydrogen) atoms. The van der Waals surface area contributed by atoms with Crippen LogP contribution < -0.4 is 10.4 Å². The summed E-state index contributed by atoms with van der Waals surface area (Å²) in [5.74, 6) is 0.740. The average Bonchev–Trinajstić information content (AvgIpc) is 2.49. The fourth-order valence-electron chi connectivity index (χ4n) is 2.41. The molecule has 3 aromatic rings. The number of hydrogen-bond acceptors (Lipinski definition) is 3. The Morgan fingerprint density at radius 1 is 1.10 bits per heavy atom. The number of ether oxygens (including phenoxy) is 1. The van der Waals surface area contributed by atoms with Gasteiger partial charge in [-0.25, -0.2) is 4.79 Å². The minimum absolute atomic E-state index is 0.354. The van der Waals surface area contributed by atoms with E-state index in [1.165, 1.54) is 0 Å². The van der Waals surface area contributed by atoms with Crippen LogP contribution in [-0.4, -0.2) is 7.11 Å². The Morgan fingerprint density at radius 3 is 2.48 bits per heavy atom.